The van der Waals surface area contributed by atoms with Gasteiger partial charge in [0, 0.05) is 23.2 Å². The zero-order valence-electron chi connectivity index (χ0n) is 19.9. The third-order valence-corrected chi connectivity index (χ3v) is 5.99. The summed E-state index contributed by atoms with van der Waals surface area (Å²) in [4.78, 5) is 30.3. The van der Waals surface area contributed by atoms with Crippen LogP contribution < -0.4 is 10.1 Å². The van der Waals surface area contributed by atoms with E-state index in [9.17, 15) is 9.59 Å². The molecule has 5 heteroatoms. The Morgan fingerprint density at radius 2 is 1.74 bits per heavy atom. The smallest absolute Gasteiger partial charge is 0.224 e. The van der Waals surface area contributed by atoms with Crippen molar-refractivity contribution in [2.45, 2.75) is 45.1 Å². The average Bonchev–Trinajstić information content (AvgIpc) is 2.83. The van der Waals surface area contributed by atoms with Crippen molar-refractivity contribution in [2.75, 3.05) is 12.4 Å². The molecule has 5 nitrogen and oxygen atoms in total. The number of nitrogens with zero attached hydrogens (tertiary/aromatic N) is 1. The van der Waals surface area contributed by atoms with Gasteiger partial charge in [0.15, 0.2) is 5.78 Å². The van der Waals surface area contributed by atoms with E-state index in [1.165, 1.54) is 5.56 Å². The van der Waals surface area contributed by atoms with Crippen LogP contribution in [0.25, 0.3) is 0 Å². The first-order valence-electron chi connectivity index (χ1n) is 11.6. The molecule has 1 amide bonds. The number of carbonyl (C=O) groups excluding carboxylic acids is 2. The van der Waals surface area contributed by atoms with Crippen LogP contribution >= 0.6 is 0 Å². The van der Waals surface area contributed by atoms with E-state index in [2.05, 4.69) is 25.2 Å². The number of Topliss-reactive ketones (excluding diaryl/α,β-unsaturated/α-hetero) is 1. The summed E-state index contributed by atoms with van der Waals surface area (Å²) in [7, 11) is 1.64. The lowest BCUT2D eigenvalue weighted by molar-refractivity contribution is -0.116. The van der Waals surface area contributed by atoms with Crippen molar-refractivity contribution in [2.24, 2.45) is 4.99 Å². The van der Waals surface area contributed by atoms with Crippen molar-refractivity contribution in [3.63, 3.8) is 0 Å². The van der Waals surface area contributed by atoms with E-state index in [1.807, 2.05) is 42.5 Å². The number of ether oxygens (including phenoxy) is 1. The number of fused-ring (bicyclic) bond motifs is 1. The molecule has 1 N–H and O–H groups in total. The number of carbonyl (C=O) groups is 2. The fraction of sp³-hybridized carbons (Fsp3) is 0.276. The highest BCUT2D eigenvalue weighted by molar-refractivity contribution is 6.17. The summed E-state index contributed by atoms with van der Waals surface area (Å²) in [5, 5.41) is 2.91. The molecule has 0 aromatic heterocycles. The lowest BCUT2D eigenvalue weighted by atomic mass is 9.85. The summed E-state index contributed by atoms with van der Waals surface area (Å²) < 4.78 is 5.38. The summed E-state index contributed by atoms with van der Waals surface area (Å²) in [6.07, 6.45) is 2.13. The molecule has 4 rings (SSSR count). The summed E-state index contributed by atoms with van der Waals surface area (Å²) >= 11 is 0. The van der Waals surface area contributed by atoms with E-state index in [0.29, 0.717) is 24.1 Å². The molecule has 0 saturated carbocycles. The van der Waals surface area contributed by atoms with Gasteiger partial charge in [-0.25, -0.2) is 0 Å². The molecule has 3 aromatic rings. The van der Waals surface area contributed by atoms with Crippen molar-refractivity contribution >= 4 is 23.1 Å². The monoisotopic (exact) mass is 454 g/mol. The predicted octanol–water partition coefficient (Wildman–Crippen LogP) is 5.66. The number of anilines is 1. The van der Waals surface area contributed by atoms with Gasteiger partial charge in [-0.1, -0.05) is 36.4 Å². The molecule has 1 aliphatic rings. The Balaban J connectivity index is 1.41. The first kappa shape index (κ1) is 23.4. The van der Waals surface area contributed by atoms with Gasteiger partial charge in [0.1, 0.15) is 5.75 Å². The van der Waals surface area contributed by atoms with Crippen LogP contribution in [0.5, 0.6) is 5.75 Å². The Kier molecular flexibility index (Phi) is 6.92. The number of methoxy groups -OCH3 is 1. The van der Waals surface area contributed by atoms with Crippen LogP contribution in [0, 0.1) is 0 Å². The molecular weight excluding hydrogens is 424 g/mol. The van der Waals surface area contributed by atoms with E-state index in [1.54, 1.807) is 31.4 Å². The van der Waals surface area contributed by atoms with Gasteiger partial charge in [-0.2, -0.15) is 0 Å². The number of ketones is 1. The van der Waals surface area contributed by atoms with Crippen molar-refractivity contribution < 1.29 is 14.3 Å². The molecule has 0 spiro atoms. The number of benzene rings is 3. The molecule has 0 aliphatic carbocycles. The van der Waals surface area contributed by atoms with Gasteiger partial charge in [0.05, 0.1) is 24.8 Å². The fourth-order valence-corrected chi connectivity index (χ4v) is 4.29. The van der Waals surface area contributed by atoms with E-state index in [-0.39, 0.29) is 23.7 Å². The van der Waals surface area contributed by atoms with Crippen LogP contribution in [0.15, 0.2) is 77.8 Å². The van der Waals surface area contributed by atoms with E-state index in [4.69, 9.17) is 9.73 Å². The maximum absolute atomic E-state index is 13.1. The highest BCUT2D eigenvalue weighted by Gasteiger charge is 2.28. The van der Waals surface area contributed by atoms with Gasteiger partial charge in [0.25, 0.3) is 0 Å². The second-order valence-corrected chi connectivity index (χ2v) is 9.28. The van der Waals surface area contributed by atoms with Crippen LogP contribution in [0.3, 0.4) is 0 Å². The molecule has 0 fully saturated rings. The maximum Gasteiger partial charge on any atom is 0.224 e. The van der Waals surface area contributed by atoms with Gasteiger partial charge >= 0.3 is 0 Å². The average molecular weight is 455 g/mol. The van der Waals surface area contributed by atoms with Gasteiger partial charge in [-0.15, -0.1) is 0 Å². The van der Waals surface area contributed by atoms with Crippen LogP contribution in [0.4, 0.5) is 5.69 Å². The Morgan fingerprint density at radius 3 is 2.44 bits per heavy atom. The van der Waals surface area contributed by atoms with Crippen molar-refractivity contribution in [1.82, 2.24) is 0 Å². The van der Waals surface area contributed by atoms with Gasteiger partial charge < -0.3 is 10.1 Å². The number of aryl methyl sites for hydroxylation is 1. The number of aliphatic imine (C=N–C) groups is 1. The minimum Gasteiger partial charge on any atom is -0.497 e. The van der Waals surface area contributed by atoms with Crippen LogP contribution in [0.1, 0.15) is 53.7 Å². The van der Waals surface area contributed by atoms with Crippen LogP contribution in [-0.2, 0) is 17.6 Å². The molecule has 0 atom stereocenters. The Morgan fingerprint density at radius 1 is 1.00 bits per heavy atom. The minimum absolute atomic E-state index is 0.00725. The molecular formula is C29H30N2O3. The predicted molar refractivity (Wildman–Crippen MR) is 136 cm³/mol. The molecule has 0 saturated heterocycles. The number of hydrogen-bond donors (Lipinski definition) is 1. The van der Waals surface area contributed by atoms with Crippen molar-refractivity contribution in [3.05, 3.63) is 95.1 Å². The highest BCUT2D eigenvalue weighted by Crippen LogP contribution is 2.31. The first-order valence-corrected chi connectivity index (χ1v) is 11.6. The molecule has 174 valence electrons. The molecule has 0 radical (unpaired) electrons. The molecule has 3 aromatic carbocycles. The van der Waals surface area contributed by atoms with Crippen LogP contribution in [-0.4, -0.2) is 30.1 Å². The summed E-state index contributed by atoms with van der Waals surface area (Å²) in [6.45, 7) is 4.17. The van der Waals surface area contributed by atoms with E-state index < -0.39 is 0 Å². The van der Waals surface area contributed by atoms with Gasteiger partial charge in [-0.05, 0) is 74.2 Å². The zero-order valence-corrected chi connectivity index (χ0v) is 19.9. The Hall–Kier alpha value is -3.73. The Bertz CT molecular complexity index is 1210. The lowest BCUT2D eigenvalue weighted by Gasteiger charge is -2.29. The largest absolute Gasteiger partial charge is 0.497 e. The molecule has 1 heterocycles. The quantitative estimate of drug-likeness (QED) is 0.446. The summed E-state index contributed by atoms with van der Waals surface area (Å²) in [6, 6.07) is 23.0. The third kappa shape index (κ3) is 5.79. The Labute approximate surface area is 200 Å². The number of rotatable bonds is 8. The second kappa shape index (κ2) is 10.0. The second-order valence-electron chi connectivity index (χ2n) is 9.28. The van der Waals surface area contributed by atoms with E-state index in [0.717, 1.165) is 29.0 Å². The van der Waals surface area contributed by atoms with Gasteiger partial charge in [0.2, 0.25) is 5.91 Å². The summed E-state index contributed by atoms with van der Waals surface area (Å²) in [5.41, 5.74) is 5.09. The number of nitrogens with one attached hydrogen (secondary N) is 1. The molecule has 0 bridgehead atoms. The SMILES string of the molecule is COc1ccc2c(c1)C(CC(=O)c1ccc(NC(=O)CCc3ccccc3)cc1)=NC(C)(C)C2. The zero-order chi connectivity index (χ0) is 24.1. The normalized spacial score (nSPS) is 14.0. The fourth-order valence-electron chi connectivity index (χ4n) is 4.29. The molecule has 0 unspecified atom stereocenters. The maximum atomic E-state index is 13.1. The van der Waals surface area contributed by atoms with Crippen LogP contribution in [0.2, 0.25) is 0 Å². The highest BCUT2D eigenvalue weighted by atomic mass is 16.5. The topological polar surface area (TPSA) is 67.8 Å². The standard InChI is InChI=1S/C29H30N2O3/c1-29(2)19-22-12-15-24(34-3)17-25(22)26(31-29)18-27(32)21-10-13-23(14-11-21)30-28(33)16-9-20-7-5-4-6-8-20/h4-8,10-15,17H,9,16,18-19H2,1-3H3,(H,30,33). The first-order chi connectivity index (χ1) is 16.3. The van der Waals surface area contributed by atoms with Crippen molar-refractivity contribution in [1.29, 1.82) is 0 Å². The third-order valence-electron chi connectivity index (χ3n) is 5.99. The number of amides is 1. The molecule has 34 heavy (non-hydrogen) atoms. The summed E-state index contributed by atoms with van der Waals surface area (Å²) in [5.74, 6) is 0.699. The van der Waals surface area contributed by atoms with Crippen molar-refractivity contribution in [3.8, 4) is 5.75 Å². The van der Waals surface area contributed by atoms with E-state index >= 15 is 0 Å². The lowest BCUT2D eigenvalue weighted by Crippen LogP contribution is -2.30. The van der Waals surface area contributed by atoms with Gasteiger partial charge in [-0.3, -0.25) is 14.6 Å². The number of hydrogen-bond acceptors (Lipinski definition) is 4. The minimum atomic E-state index is -0.259. The molecule has 1 aliphatic heterocycles.